The van der Waals surface area contributed by atoms with Crippen LogP contribution in [0.3, 0.4) is 0 Å². The van der Waals surface area contributed by atoms with Gasteiger partial charge in [-0.05, 0) is 37.3 Å². The number of amides is 1. The van der Waals surface area contributed by atoms with Crippen LogP contribution in [0.4, 0.5) is 18.9 Å². The Bertz CT molecular complexity index is 1070. The van der Waals surface area contributed by atoms with Gasteiger partial charge in [-0.1, -0.05) is 0 Å². The second kappa shape index (κ2) is 9.13. The van der Waals surface area contributed by atoms with Crippen molar-refractivity contribution in [3.63, 3.8) is 0 Å². The normalized spacial score (nSPS) is 12.6. The van der Waals surface area contributed by atoms with Crippen molar-refractivity contribution in [3.05, 3.63) is 53.3 Å². The van der Waals surface area contributed by atoms with Gasteiger partial charge < -0.3 is 14.8 Å². The maximum Gasteiger partial charge on any atom is 0.419 e. The number of nitriles is 2. The maximum absolute atomic E-state index is 13.1. The topological polar surface area (TPSA) is 125 Å². The highest BCUT2D eigenvalue weighted by atomic mass is 19.4. The van der Waals surface area contributed by atoms with E-state index < -0.39 is 41.5 Å². The Balaban J connectivity index is 2.25. The predicted octanol–water partition coefficient (Wildman–Crippen LogP) is 3.18. The number of carbonyl (C=O) groups excluding carboxylic acids is 2. The number of hydrogen-bond acceptors (Lipinski definition) is 7. The number of nitrogens with zero attached hydrogens (tertiary/aromatic N) is 3. The van der Waals surface area contributed by atoms with Crippen LogP contribution in [-0.2, 0) is 20.5 Å². The smallest absolute Gasteiger partial charge is 0.419 e. The molecule has 0 aliphatic heterocycles. The highest BCUT2D eigenvalue weighted by Gasteiger charge is 2.39. The van der Waals surface area contributed by atoms with Crippen LogP contribution in [0.5, 0.6) is 5.75 Å². The van der Waals surface area contributed by atoms with Gasteiger partial charge in [-0.2, -0.15) is 23.7 Å². The number of hydrogen-bond donors (Lipinski definition) is 1. The van der Waals surface area contributed by atoms with Gasteiger partial charge >= 0.3 is 12.1 Å². The van der Waals surface area contributed by atoms with Gasteiger partial charge in [0.05, 0.1) is 29.1 Å². The molecule has 0 saturated carbocycles. The lowest BCUT2D eigenvalue weighted by atomic mass is 10.1. The van der Waals surface area contributed by atoms with Crippen molar-refractivity contribution in [3.8, 4) is 17.9 Å². The molecule has 1 atom stereocenters. The minimum Gasteiger partial charge on any atom is -0.489 e. The summed E-state index contributed by atoms with van der Waals surface area (Å²) in [5.74, 6) is -1.53. The highest BCUT2D eigenvalue weighted by molar-refractivity contribution is 5.98. The standard InChI is InChI=1S/C20H15F3N4O4/c1-12(28)31-19(2,11-30-15-5-3-13(8-24)4-6-15)18(29)27-14-7-16(20(21,22)23)17(9-25)26-10-14/h3-7,10H,11H2,1-2H3,(H,27,29)/t19-/m0/s1. The predicted molar refractivity (Wildman–Crippen MR) is 99.4 cm³/mol. The van der Waals surface area contributed by atoms with Gasteiger partial charge in [0.25, 0.3) is 5.91 Å². The summed E-state index contributed by atoms with van der Waals surface area (Å²) in [5.41, 5.74) is -4.06. The number of nitrogens with one attached hydrogen (secondary N) is 1. The number of halogens is 3. The van der Waals surface area contributed by atoms with Crippen molar-refractivity contribution < 1.29 is 32.2 Å². The summed E-state index contributed by atoms with van der Waals surface area (Å²) in [4.78, 5) is 27.6. The van der Waals surface area contributed by atoms with Crippen LogP contribution in [0.2, 0.25) is 0 Å². The van der Waals surface area contributed by atoms with E-state index >= 15 is 0 Å². The first-order valence-corrected chi connectivity index (χ1v) is 8.60. The van der Waals surface area contributed by atoms with Crippen molar-refractivity contribution in [1.29, 1.82) is 10.5 Å². The number of carbonyl (C=O) groups is 2. The Kier molecular flexibility index (Phi) is 6.82. The lowest BCUT2D eigenvalue weighted by Crippen LogP contribution is -2.48. The van der Waals surface area contributed by atoms with Crippen LogP contribution >= 0.6 is 0 Å². The van der Waals surface area contributed by atoms with Crippen molar-refractivity contribution in [2.75, 3.05) is 11.9 Å². The Morgan fingerprint density at radius 3 is 2.32 bits per heavy atom. The van der Waals surface area contributed by atoms with Gasteiger partial charge in [0.15, 0.2) is 5.69 Å². The van der Waals surface area contributed by atoms with E-state index in [0.29, 0.717) is 11.6 Å². The van der Waals surface area contributed by atoms with E-state index in [-0.39, 0.29) is 11.4 Å². The van der Waals surface area contributed by atoms with Crippen LogP contribution in [0, 0.1) is 22.7 Å². The summed E-state index contributed by atoms with van der Waals surface area (Å²) < 4.78 is 49.8. The third-order valence-electron chi connectivity index (χ3n) is 3.90. The summed E-state index contributed by atoms with van der Waals surface area (Å²) in [6.45, 7) is 1.80. The molecule has 1 N–H and O–H groups in total. The fraction of sp³-hybridized carbons (Fsp3) is 0.250. The molecule has 2 aromatic rings. The first-order valence-electron chi connectivity index (χ1n) is 8.60. The zero-order chi connectivity index (χ0) is 23.2. The SMILES string of the molecule is CC(=O)O[C@@](C)(COc1ccc(C#N)cc1)C(=O)Nc1cnc(C#N)c(C(F)(F)F)c1. The van der Waals surface area contributed by atoms with Crippen molar-refractivity contribution >= 4 is 17.6 Å². The second-order valence-electron chi connectivity index (χ2n) is 6.43. The Morgan fingerprint density at radius 1 is 1.16 bits per heavy atom. The van der Waals surface area contributed by atoms with Crippen LogP contribution in [0.1, 0.15) is 30.7 Å². The summed E-state index contributed by atoms with van der Waals surface area (Å²) in [7, 11) is 0. The molecule has 0 spiro atoms. The first kappa shape index (κ1) is 23.2. The number of esters is 1. The van der Waals surface area contributed by atoms with E-state index in [9.17, 15) is 22.8 Å². The van der Waals surface area contributed by atoms with Crippen molar-refractivity contribution in [2.24, 2.45) is 0 Å². The van der Waals surface area contributed by atoms with E-state index in [2.05, 4.69) is 10.3 Å². The monoisotopic (exact) mass is 432 g/mol. The van der Waals surface area contributed by atoms with Crippen molar-refractivity contribution in [1.82, 2.24) is 4.98 Å². The molecule has 0 fully saturated rings. The lowest BCUT2D eigenvalue weighted by molar-refractivity contribution is -0.165. The molecule has 1 aromatic carbocycles. The molecule has 0 aliphatic carbocycles. The average Bonchev–Trinajstić information content (AvgIpc) is 2.71. The van der Waals surface area contributed by atoms with Gasteiger partial charge in [0, 0.05) is 6.92 Å². The number of aromatic nitrogens is 1. The number of anilines is 1. The fourth-order valence-corrected chi connectivity index (χ4v) is 2.41. The van der Waals surface area contributed by atoms with Crippen LogP contribution in [0.25, 0.3) is 0 Å². The fourth-order valence-electron chi connectivity index (χ4n) is 2.41. The Morgan fingerprint density at radius 2 is 1.81 bits per heavy atom. The Hall–Kier alpha value is -4.12. The molecule has 1 amide bonds. The molecule has 8 nitrogen and oxygen atoms in total. The van der Waals surface area contributed by atoms with E-state index in [1.165, 1.54) is 37.3 Å². The van der Waals surface area contributed by atoms with Crippen LogP contribution in [-0.4, -0.2) is 29.1 Å². The highest BCUT2D eigenvalue weighted by Crippen LogP contribution is 2.32. The number of benzene rings is 1. The molecular formula is C20H15F3N4O4. The molecule has 160 valence electrons. The number of alkyl halides is 3. The second-order valence-corrected chi connectivity index (χ2v) is 6.43. The third-order valence-corrected chi connectivity index (χ3v) is 3.90. The summed E-state index contributed by atoms with van der Waals surface area (Å²) >= 11 is 0. The minimum absolute atomic E-state index is 0.268. The molecule has 0 aliphatic rings. The van der Waals surface area contributed by atoms with E-state index in [0.717, 1.165) is 13.1 Å². The average molecular weight is 432 g/mol. The largest absolute Gasteiger partial charge is 0.489 e. The van der Waals surface area contributed by atoms with Gasteiger partial charge in [0.1, 0.15) is 18.4 Å². The number of rotatable bonds is 6. The molecule has 0 unspecified atom stereocenters. The van der Waals surface area contributed by atoms with E-state index in [4.69, 9.17) is 20.0 Å². The first-order chi connectivity index (χ1) is 14.5. The molecular weight excluding hydrogens is 417 g/mol. The molecule has 1 aromatic heterocycles. The number of ether oxygens (including phenoxy) is 2. The van der Waals surface area contributed by atoms with Gasteiger partial charge in [-0.15, -0.1) is 0 Å². The minimum atomic E-state index is -4.86. The molecule has 0 bridgehead atoms. The van der Waals surface area contributed by atoms with Gasteiger partial charge in [0.2, 0.25) is 5.60 Å². The van der Waals surface area contributed by atoms with Gasteiger partial charge in [-0.3, -0.25) is 9.59 Å². The molecule has 2 rings (SSSR count). The summed E-state index contributed by atoms with van der Waals surface area (Å²) in [6.07, 6.45) is -3.99. The zero-order valence-electron chi connectivity index (χ0n) is 16.3. The molecule has 0 radical (unpaired) electrons. The molecule has 31 heavy (non-hydrogen) atoms. The molecule has 11 heteroatoms. The Labute approximate surface area is 174 Å². The number of pyridine rings is 1. The maximum atomic E-state index is 13.1. The summed E-state index contributed by atoms with van der Waals surface area (Å²) in [5, 5.41) is 19.8. The van der Waals surface area contributed by atoms with Gasteiger partial charge in [-0.25, -0.2) is 4.98 Å². The zero-order valence-corrected chi connectivity index (χ0v) is 16.3. The molecule has 0 saturated heterocycles. The van der Waals surface area contributed by atoms with E-state index in [1.54, 1.807) is 0 Å². The van der Waals surface area contributed by atoms with Crippen LogP contribution in [0.15, 0.2) is 36.5 Å². The summed E-state index contributed by atoms with van der Waals surface area (Å²) in [6, 6.07) is 9.68. The quantitative estimate of drug-likeness (QED) is 0.695. The van der Waals surface area contributed by atoms with Crippen molar-refractivity contribution in [2.45, 2.75) is 25.6 Å². The third kappa shape index (κ3) is 5.93. The van der Waals surface area contributed by atoms with E-state index in [1.807, 2.05) is 6.07 Å². The molecule has 1 heterocycles. The lowest BCUT2D eigenvalue weighted by Gasteiger charge is -2.27. The van der Waals surface area contributed by atoms with Crippen LogP contribution < -0.4 is 10.1 Å².